The predicted octanol–water partition coefficient (Wildman–Crippen LogP) is 5.70. The molecular weight excluding hydrogens is 588 g/mol. The third-order valence-corrected chi connectivity index (χ3v) is 8.15. The maximum absolute atomic E-state index is 12.8. The van der Waals surface area contributed by atoms with Gasteiger partial charge in [-0.1, -0.05) is 12.1 Å². The van der Waals surface area contributed by atoms with Crippen molar-refractivity contribution in [3.8, 4) is 11.5 Å². The van der Waals surface area contributed by atoms with Crippen molar-refractivity contribution in [2.45, 2.75) is 27.7 Å². The molecule has 2 heterocycles. The molecule has 4 aromatic rings. The summed E-state index contributed by atoms with van der Waals surface area (Å²) in [6, 6.07) is 22.0. The molecule has 0 saturated carbocycles. The second-order valence-electron chi connectivity index (χ2n) is 10.9. The quantitative estimate of drug-likeness (QED) is 0.154. The lowest BCUT2D eigenvalue weighted by Crippen LogP contribution is -2.31. The number of carbonyl (C=O) groups is 6. The number of ether oxygens (including phenoxy) is 2. The highest BCUT2D eigenvalue weighted by Crippen LogP contribution is 2.30. The average molecular weight is 615 g/mol. The molecule has 4 amide bonds. The maximum Gasteiger partial charge on any atom is 0.343 e. The van der Waals surface area contributed by atoms with Crippen molar-refractivity contribution in [1.82, 2.24) is 0 Å². The number of nitrogens with zero attached hydrogens (tertiary/aromatic N) is 2. The predicted molar refractivity (Wildman–Crippen MR) is 168 cm³/mol. The van der Waals surface area contributed by atoms with Crippen molar-refractivity contribution in [1.29, 1.82) is 0 Å². The highest BCUT2D eigenvalue weighted by atomic mass is 16.5. The number of anilines is 2. The normalized spacial score (nSPS) is 15.0. The number of esters is 2. The number of carbonyl (C=O) groups excluding carboxylic acids is 6. The average Bonchev–Trinajstić information content (AvgIpc) is 3.37. The number of hydrogen-bond donors (Lipinski definition) is 0. The first kappa shape index (κ1) is 29.9. The molecule has 2 aliphatic heterocycles. The Morgan fingerprint density at radius 1 is 0.457 bits per heavy atom. The molecule has 10 heteroatoms. The topological polar surface area (TPSA) is 127 Å². The molecular formula is C36H26N2O8. The van der Waals surface area contributed by atoms with E-state index in [1.54, 1.807) is 64.1 Å². The van der Waals surface area contributed by atoms with E-state index in [4.69, 9.17) is 9.47 Å². The monoisotopic (exact) mass is 614 g/mol. The van der Waals surface area contributed by atoms with Gasteiger partial charge in [0.15, 0.2) is 0 Å². The largest absolute Gasteiger partial charge is 0.423 e. The van der Waals surface area contributed by atoms with Gasteiger partial charge in [0.25, 0.3) is 23.6 Å². The number of rotatable bonds is 6. The molecule has 2 aliphatic rings. The lowest BCUT2D eigenvalue weighted by molar-refractivity contribution is -0.122. The van der Waals surface area contributed by atoms with Crippen molar-refractivity contribution >= 4 is 57.7 Å². The molecule has 0 bridgehead atoms. The Morgan fingerprint density at radius 3 is 1.07 bits per heavy atom. The maximum atomic E-state index is 12.8. The number of fused-ring (bicyclic) bond motifs is 1. The lowest BCUT2D eigenvalue weighted by Gasteiger charge is -2.15. The third kappa shape index (κ3) is 5.15. The summed E-state index contributed by atoms with van der Waals surface area (Å²) in [6.07, 6.45) is 0. The Bertz CT molecular complexity index is 1890. The van der Waals surface area contributed by atoms with Gasteiger partial charge >= 0.3 is 11.9 Å². The zero-order chi connectivity index (χ0) is 32.9. The van der Waals surface area contributed by atoms with Crippen LogP contribution in [-0.2, 0) is 19.2 Å². The fraction of sp³-hybridized carbons (Fsp3) is 0.111. The Morgan fingerprint density at radius 2 is 0.761 bits per heavy atom. The van der Waals surface area contributed by atoms with Gasteiger partial charge in [-0.2, -0.15) is 0 Å². The molecule has 4 aromatic carbocycles. The summed E-state index contributed by atoms with van der Waals surface area (Å²) in [5.41, 5.74) is 2.75. The lowest BCUT2D eigenvalue weighted by atomic mass is 10.1. The highest BCUT2D eigenvalue weighted by molar-refractivity contribution is 6.33. The van der Waals surface area contributed by atoms with Gasteiger partial charge in [-0.05, 0) is 111 Å². The summed E-state index contributed by atoms with van der Waals surface area (Å²) >= 11 is 0. The van der Waals surface area contributed by atoms with Crippen molar-refractivity contribution in [2.75, 3.05) is 9.80 Å². The first-order chi connectivity index (χ1) is 21.9. The molecule has 0 aromatic heterocycles. The van der Waals surface area contributed by atoms with Crippen LogP contribution in [0.15, 0.2) is 107 Å². The molecule has 0 unspecified atom stereocenters. The minimum Gasteiger partial charge on any atom is -0.423 e. The van der Waals surface area contributed by atoms with Crippen LogP contribution in [0.3, 0.4) is 0 Å². The Labute approximate surface area is 263 Å². The molecule has 0 N–H and O–H groups in total. The van der Waals surface area contributed by atoms with Crippen molar-refractivity contribution in [3.63, 3.8) is 0 Å². The molecule has 0 saturated heterocycles. The van der Waals surface area contributed by atoms with Gasteiger partial charge in [0.1, 0.15) is 11.5 Å². The van der Waals surface area contributed by atoms with Crippen LogP contribution in [-0.4, -0.2) is 35.6 Å². The van der Waals surface area contributed by atoms with E-state index in [0.717, 1.165) is 20.6 Å². The summed E-state index contributed by atoms with van der Waals surface area (Å²) < 4.78 is 11.1. The summed E-state index contributed by atoms with van der Waals surface area (Å²) in [7, 11) is 0. The standard InChI is InChI=1S/C36H26N2O8/c1-19-20(2)32(40)37(31(19)39)27-11-5-23(6-12-27)35(43)45-29-15-9-26-18-30(16-10-25(26)17-29)46-36(44)24-7-13-28(14-8-24)38-33(41)21(3)22(4)34(38)42/h5-18H,1-4H3. The van der Waals surface area contributed by atoms with E-state index in [9.17, 15) is 28.8 Å². The third-order valence-electron chi connectivity index (χ3n) is 8.15. The van der Waals surface area contributed by atoms with E-state index in [1.807, 2.05) is 0 Å². The number of benzene rings is 4. The molecule has 0 aliphatic carbocycles. The summed E-state index contributed by atoms with van der Waals surface area (Å²) in [5.74, 6) is -2.21. The van der Waals surface area contributed by atoms with Gasteiger partial charge in [0, 0.05) is 22.3 Å². The minimum absolute atomic E-state index is 0.236. The molecule has 228 valence electrons. The minimum atomic E-state index is -0.618. The molecule has 46 heavy (non-hydrogen) atoms. The number of amides is 4. The second kappa shape index (κ2) is 11.4. The first-order valence-electron chi connectivity index (χ1n) is 14.3. The summed E-state index contributed by atoms with van der Waals surface area (Å²) in [4.78, 5) is 77.5. The van der Waals surface area contributed by atoms with E-state index < -0.39 is 11.9 Å². The van der Waals surface area contributed by atoms with Crippen LogP contribution in [0.2, 0.25) is 0 Å². The molecule has 0 atom stereocenters. The zero-order valence-electron chi connectivity index (χ0n) is 25.2. The number of hydrogen-bond acceptors (Lipinski definition) is 8. The fourth-order valence-corrected chi connectivity index (χ4v) is 5.12. The van der Waals surface area contributed by atoms with Gasteiger partial charge in [-0.15, -0.1) is 0 Å². The van der Waals surface area contributed by atoms with E-state index in [2.05, 4.69) is 0 Å². The summed E-state index contributed by atoms with van der Waals surface area (Å²) in [6.45, 7) is 6.40. The molecule has 0 radical (unpaired) electrons. The van der Waals surface area contributed by atoms with Crippen molar-refractivity contribution < 1.29 is 38.2 Å². The molecule has 6 rings (SSSR count). The molecule has 0 spiro atoms. The Kier molecular flexibility index (Phi) is 7.41. The Hall–Kier alpha value is -6.16. The van der Waals surface area contributed by atoms with Crippen LogP contribution in [0.25, 0.3) is 10.8 Å². The van der Waals surface area contributed by atoms with Crippen LogP contribution in [0, 0.1) is 0 Å². The van der Waals surface area contributed by atoms with E-state index >= 15 is 0 Å². The zero-order valence-corrected chi connectivity index (χ0v) is 25.2. The number of imide groups is 2. The van der Waals surface area contributed by atoms with E-state index in [-0.39, 0.29) is 34.8 Å². The van der Waals surface area contributed by atoms with Gasteiger partial charge in [0.2, 0.25) is 0 Å². The van der Waals surface area contributed by atoms with E-state index in [1.165, 1.54) is 48.5 Å². The molecule has 10 nitrogen and oxygen atoms in total. The van der Waals surface area contributed by atoms with Crippen LogP contribution in [0.5, 0.6) is 11.5 Å². The van der Waals surface area contributed by atoms with Crippen LogP contribution in [0.1, 0.15) is 48.4 Å². The SMILES string of the molecule is CC1=C(C)C(=O)N(c2ccc(C(=O)Oc3ccc4cc(OC(=O)c5ccc(N6C(=O)C(C)=C(C)C6=O)cc5)ccc4c3)cc2)C1=O. The first-order valence-corrected chi connectivity index (χ1v) is 14.3. The van der Waals surface area contributed by atoms with Gasteiger partial charge in [-0.3, -0.25) is 19.2 Å². The fourth-order valence-electron chi connectivity index (χ4n) is 5.12. The van der Waals surface area contributed by atoms with E-state index in [0.29, 0.717) is 45.2 Å². The van der Waals surface area contributed by atoms with Gasteiger partial charge < -0.3 is 9.47 Å². The van der Waals surface area contributed by atoms with Gasteiger partial charge in [-0.25, -0.2) is 19.4 Å². The highest BCUT2D eigenvalue weighted by Gasteiger charge is 2.35. The smallest absolute Gasteiger partial charge is 0.343 e. The van der Waals surface area contributed by atoms with Crippen molar-refractivity contribution in [2.24, 2.45) is 0 Å². The van der Waals surface area contributed by atoms with Crippen LogP contribution < -0.4 is 19.3 Å². The second-order valence-corrected chi connectivity index (χ2v) is 10.9. The van der Waals surface area contributed by atoms with Crippen LogP contribution in [0.4, 0.5) is 11.4 Å². The van der Waals surface area contributed by atoms with Crippen molar-refractivity contribution in [3.05, 3.63) is 118 Å². The Balaban J connectivity index is 1.10. The van der Waals surface area contributed by atoms with Crippen LogP contribution >= 0.6 is 0 Å². The molecule has 0 fully saturated rings. The summed E-state index contributed by atoms with van der Waals surface area (Å²) in [5, 5.41) is 1.46. The van der Waals surface area contributed by atoms with Gasteiger partial charge in [0.05, 0.1) is 22.5 Å².